The van der Waals surface area contributed by atoms with Gasteiger partial charge in [0.15, 0.2) is 18.2 Å². The van der Waals surface area contributed by atoms with Crippen LogP contribution in [0.2, 0.25) is 0 Å². The maximum Gasteiger partial charge on any atom is 0.422 e. The van der Waals surface area contributed by atoms with Crippen LogP contribution in [-0.2, 0) is 16.9 Å². The SMILES string of the molecule is Cn1c(C(=O)NC2(C)CCS(=O)(=O)CC2)nc2cnc(Oc3ncc(F)cc3OCC(F)(F)F)c(F)c21. The second-order valence-corrected chi connectivity index (χ2v) is 11.0. The van der Waals surface area contributed by atoms with Gasteiger partial charge in [-0.2, -0.15) is 17.6 Å². The predicted molar refractivity (Wildman–Crippen MR) is 118 cm³/mol. The number of pyridine rings is 2. The number of carbonyl (C=O) groups excluding carboxylic acids is 1. The third-order valence-corrected chi connectivity index (χ3v) is 7.39. The molecule has 1 saturated heterocycles. The van der Waals surface area contributed by atoms with Gasteiger partial charge in [-0.15, -0.1) is 0 Å². The number of aryl methyl sites for hydroxylation is 1. The summed E-state index contributed by atoms with van der Waals surface area (Å²) in [6.45, 7) is -0.0705. The van der Waals surface area contributed by atoms with E-state index in [1.54, 1.807) is 6.92 Å². The number of hydrogen-bond acceptors (Lipinski definition) is 8. The first-order valence-electron chi connectivity index (χ1n) is 10.7. The number of nitrogens with zero attached hydrogens (tertiary/aromatic N) is 4. The number of rotatable bonds is 6. The Morgan fingerprint density at radius 2 is 1.81 bits per heavy atom. The van der Waals surface area contributed by atoms with E-state index in [-0.39, 0.29) is 41.2 Å². The number of carbonyl (C=O) groups is 1. The van der Waals surface area contributed by atoms with Crippen LogP contribution in [0.3, 0.4) is 0 Å². The quantitative estimate of drug-likeness (QED) is 0.465. The molecule has 1 amide bonds. The van der Waals surface area contributed by atoms with Crippen molar-refractivity contribution in [2.45, 2.75) is 31.5 Å². The van der Waals surface area contributed by atoms with Crippen LogP contribution in [0.4, 0.5) is 22.0 Å². The standard InChI is InChI=1S/C21H20F5N5O5S/c1-20(3-5-37(33,34)6-4-20)30-17(32)16-29-12-9-28-19(14(23)15(12)31(16)2)36-18-13(7-11(22)8-27-18)35-10-21(24,25)26/h7-9H,3-6,10H2,1-2H3,(H,30,32). The number of amides is 1. The van der Waals surface area contributed by atoms with Crippen molar-refractivity contribution in [3.8, 4) is 17.5 Å². The van der Waals surface area contributed by atoms with Crippen molar-refractivity contribution in [1.29, 1.82) is 0 Å². The van der Waals surface area contributed by atoms with Gasteiger partial charge in [0.1, 0.15) is 26.7 Å². The lowest BCUT2D eigenvalue weighted by Crippen LogP contribution is -2.51. The molecule has 1 aliphatic heterocycles. The van der Waals surface area contributed by atoms with Crippen molar-refractivity contribution in [3.05, 3.63) is 35.9 Å². The van der Waals surface area contributed by atoms with Gasteiger partial charge in [0, 0.05) is 18.7 Å². The number of imidazole rings is 1. The van der Waals surface area contributed by atoms with Crippen LogP contribution < -0.4 is 14.8 Å². The number of alkyl halides is 3. The first kappa shape index (κ1) is 26.5. The number of hydrogen-bond donors (Lipinski definition) is 1. The van der Waals surface area contributed by atoms with Crippen LogP contribution >= 0.6 is 0 Å². The lowest BCUT2D eigenvalue weighted by molar-refractivity contribution is -0.153. The molecule has 0 bridgehead atoms. The van der Waals surface area contributed by atoms with Gasteiger partial charge in [-0.3, -0.25) is 4.79 Å². The molecule has 0 aliphatic carbocycles. The summed E-state index contributed by atoms with van der Waals surface area (Å²) in [5.74, 6) is -5.31. The van der Waals surface area contributed by atoms with E-state index in [1.807, 2.05) is 0 Å². The molecule has 16 heteroatoms. The average molecular weight is 549 g/mol. The summed E-state index contributed by atoms with van der Waals surface area (Å²) in [5, 5.41) is 2.75. The van der Waals surface area contributed by atoms with E-state index in [0.29, 0.717) is 12.3 Å². The van der Waals surface area contributed by atoms with E-state index in [9.17, 15) is 30.8 Å². The Labute approximate surface area is 206 Å². The van der Waals surface area contributed by atoms with Gasteiger partial charge in [-0.05, 0) is 19.8 Å². The fourth-order valence-electron chi connectivity index (χ4n) is 3.70. The van der Waals surface area contributed by atoms with Crippen LogP contribution in [0.15, 0.2) is 18.5 Å². The molecule has 3 aromatic rings. The van der Waals surface area contributed by atoms with Gasteiger partial charge in [0.05, 0.1) is 23.9 Å². The molecule has 10 nitrogen and oxygen atoms in total. The minimum Gasteiger partial charge on any atom is -0.478 e. The number of ether oxygens (including phenoxy) is 2. The first-order chi connectivity index (χ1) is 17.2. The highest BCUT2D eigenvalue weighted by molar-refractivity contribution is 7.91. The van der Waals surface area contributed by atoms with E-state index in [1.165, 1.54) is 7.05 Å². The Morgan fingerprint density at radius 1 is 1.16 bits per heavy atom. The smallest absolute Gasteiger partial charge is 0.422 e. The summed E-state index contributed by atoms with van der Waals surface area (Å²) in [4.78, 5) is 24.3. The van der Waals surface area contributed by atoms with Crippen LogP contribution in [-0.4, -0.2) is 63.7 Å². The zero-order valence-electron chi connectivity index (χ0n) is 19.4. The molecule has 1 aliphatic rings. The maximum atomic E-state index is 15.3. The van der Waals surface area contributed by atoms with Crippen LogP contribution in [0.5, 0.6) is 17.5 Å². The van der Waals surface area contributed by atoms with Crippen molar-refractivity contribution in [2.75, 3.05) is 18.1 Å². The van der Waals surface area contributed by atoms with E-state index in [4.69, 9.17) is 4.74 Å². The summed E-state index contributed by atoms with van der Waals surface area (Å²) < 4.78 is 101. The summed E-state index contributed by atoms with van der Waals surface area (Å²) >= 11 is 0. The van der Waals surface area contributed by atoms with Gasteiger partial charge >= 0.3 is 6.18 Å². The number of aromatic nitrogens is 4. The molecule has 1 fully saturated rings. The Kier molecular flexibility index (Phi) is 6.73. The van der Waals surface area contributed by atoms with Crippen molar-refractivity contribution < 1.29 is 44.6 Å². The third-order valence-electron chi connectivity index (χ3n) is 5.74. The Morgan fingerprint density at radius 3 is 2.46 bits per heavy atom. The van der Waals surface area contributed by atoms with Gasteiger partial charge in [-0.25, -0.2) is 27.8 Å². The van der Waals surface area contributed by atoms with E-state index < -0.39 is 63.2 Å². The number of halogens is 5. The maximum absolute atomic E-state index is 15.3. The van der Waals surface area contributed by atoms with Gasteiger partial charge < -0.3 is 19.4 Å². The molecule has 0 aromatic carbocycles. The zero-order chi connectivity index (χ0) is 27.2. The fourth-order valence-corrected chi connectivity index (χ4v) is 5.43. The zero-order valence-corrected chi connectivity index (χ0v) is 20.2. The number of sulfone groups is 1. The molecule has 1 N–H and O–H groups in total. The lowest BCUT2D eigenvalue weighted by Gasteiger charge is -2.34. The van der Waals surface area contributed by atoms with E-state index >= 15 is 4.39 Å². The molecule has 37 heavy (non-hydrogen) atoms. The number of nitrogens with one attached hydrogen (secondary N) is 1. The Hall–Kier alpha value is -3.56. The third kappa shape index (κ3) is 5.89. The van der Waals surface area contributed by atoms with Gasteiger partial charge in [0.25, 0.3) is 17.7 Å². The topological polar surface area (TPSA) is 125 Å². The van der Waals surface area contributed by atoms with E-state index in [0.717, 1.165) is 10.8 Å². The predicted octanol–water partition coefficient (Wildman–Crippen LogP) is 3.07. The molecule has 4 rings (SSSR count). The normalized spacial score (nSPS) is 16.9. The minimum atomic E-state index is -4.74. The van der Waals surface area contributed by atoms with Crippen molar-refractivity contribution in [1.82, 2.24) is 24.8 Å². The average Bonchev–Trinajstić information content (AvgIpc) is 3.14. The fraction of sp³-hybridized carbons (Fsp3) is 0.429. The summed E-state index contributed by atoms with van der Waals surface area (Å²) in [6, 6.07) is 0.591. The lowest BCUT2D eigenvalue weighted by atomic mass is 9.95. The van der Waals surface area contributed by atoms with Crippen LogP contribution in [0, 0.1) is 11.6 Å². The molecule has 4 heterocycles. The molecule has 0 saturated carbocycles. The molecule has 3 aromatic heterocycles. The second-order valence-electron chi connectivity index (χ2n) is 8.73. The molecule has 0 unspecified atom stereocenters. The minimum absolute atomic E-state index is 0.0329. The van der Waals surface area contributed by atoms with Crippen molar-refractivity contribution >= 4 is 26.8 Å². The molecule has 0 atom stereocenters. The summed E-state index contributed by atoms with van der Waals surface area (Å²) in [7, 11) is -1.82. The second kappa shape index (κ2) is 9.39. The first-order valence-corrected chi connectivity index (χ1v) is 12.6. The highest BCUT2D eigenvalue weighted by atomic mass is 32.2. The number of fused-ring (bicyclic) bond motifs is 1. The van der Waals surface area contributed by atoms with Crippen molar-refractivity contribution in [2.24, 2.45) is 7.05 Å². The molecular weight excluding hydrogens is 529 g/mol. The monoisotopic (exact) mass is 549 g/mol. The van der Waals surface area contributed by atoms with Crippen LogP contribution in [0.25, 0.3) is 11.0 Å². The van der Waals surface area contributed by atoms with Gasteiger partial charge in [0.2, 0.25) is 5.82 Å². The summed E-state index contributed by atoms with van der Waals surface area (Å²) in [6.07, 6.45) is -2.64. The molecule has 0 spiro atoms. The Bertz CT molecular complexity index is 1460. The van der Waals surface area contributed by atoms with Crippen LogP contribution in [0.1, 0.15) is 30.4 Å². The largest absolute Gasteiger partial charge is 0.478 e. The molecular formula is C21H20F5N5O5S. The highest BCUT2D eigenvalue weighted by Crippen LogP contribution is 2.33. The van der Waals surface area contributed by atoms with Gasteiger partial charge in [-0.1, -0.05) is 0 Å². The van der Waals surface area contributed by atoms with E-state index in [2.05, 4.69) is 25.0 Å². The Balaban J connectivity index is 1.61. The van der Waals surface area contributed by atoms with Crippen molar-refractivity contribution in [3.63, 3.8) is 0 Å². The highest BCUT2D eigenvalue weighted by Gasteiger charge is 2.36. The summed E-state index contributed by atoms with van der Waals surface area (Å²) in [5.41, 5.74) is -1.06. The molecule has 0 radical (unpaired) electrons. The molecule has 200 valence electrons.